The normalized spacial score (nSPS) is 10.4. The van der Waals surface area contributed by atoms with Gasteiger partial charge in [0.25, 0.3) is 0 Å². The van der Waals surface area contributed by atoms with E-state index < -0.39 is 66.9 Å². The fourth-order valence-corrected chi connectivity index (χ4v) is 3.29. The van der Waals surface area contributed by atoms with Crippen molar-refractivity contribution in [3.63, 3.8) is 0 Å². The lowest BCUT2D eigenvalue weighted by Crippen LogP contribution is -2.49. The predicted molar refractivity (Wildman–Crippen MR) is 164 cm³/mol. The summed E-state index contributed by atoms with van der Waals surface area (Å²) in [6, 6.07) is 0.0977. The van der Waals surface area contributed by atoms with Crippen molar-refractivity contribution in [1.82, 2.24) is 45.3 Å². The van der Waals surface area contributed by atoms with Gasteiger partial charge in [-0.15, -0.1) is 0 Å². The minimum absolute atomic E-state index is 0.0669. The summed E-state index contributed by atoms with van der Waals surface area (Å²) in [5.74, 6) is -5.10. The Balaban J connectivity index is 4.61. The molecule has 260 valence electrons. The van der Waals surface area contributed by atoms with Crippen LogP contribution < -0.4 is 21.7 Å². The summed E-state index contributed by atoms with van der Waals surface area (Å²) in [7, 11) is 8.22. The van der Waals surface area contributed by atoms with Gasteiger partial charge in [-0.1, -0.05) is 13.8 Å². The monoisotopic (exact) mass is 656 g/mol. The van der Waals surface area contributed by atoms with Crippen LogP contribution in [0.25, 0.3) is 0 Å². The Morgan fingerprint density at radius 1 is 0.457 bits per heavy atom. The van der Waals surface area contributed by atoms with Crippen LogP contribution in [0.4, 0.5) is 0 Å². The molecule has 0 aromatic rings. The molecule has 0 aromatic carbocycles. The van der Waals surface area contributed by atoms with Crippen molar-refractivity contribution >= 4 is 53.2 Å². The van der Waals surface area contributed by atoms with Gasteiger partial charge in [0, 0.05) is 48.3 Å². The van der Waals surface area contributed by atoms with E-state index in [1.54, 1.807) is 0 Å². The van der Waals surface area contributed by atoms with E-state index in [1.807, 2.05) is 13.8 Å². The molecule has 9 amide bonds. The number of hydrogen-bond acceptors (Lipinski definition) is 10. The zero-order valence-electron chi connectivity index (χ0n) is 27.9. The van der Waals surface area contributed by atoms with Crippen molar-refractivity contribution in [3.05, 3.63) is 0 Å². The molecule has 5 N–H and O–H groups in total. The second kappa shape index (κ2) is 20.3. The summed E-state index contributed by atoms with van der Waals surface area (Å²) in [5, 5.41) is 7.56. The molecule has 0 saturated heterocycles. The summed E-state index contributed by atoms with van der Waals surface area (Å²) >= 11 is 0. The van der Waals surface area contributed by atoms with Crippen LogP contribution in [0.1, 0.15) is 13.8 Å². The Bertz CT molecular complexity index is 1150. The smallest absolute Gasteiger partial charge is 0.242 e. The molecule has 0 rings (SSSR count). The van der Waals surface area contributed by atoms with E-state index in [4.69, 9.17) is 5.73 Å². The number of primary amides is 1. The van der Waals surface area contributed by atoms with E-state index in [9.17, 15) is 43.2 Å². The van der Waals surface area contributed by atoms with E-state index in [0.29, 0.717) is 0 Å². The molecule has 0 atom stereocenters. The molecular formula is C27H48N10O9. The summed E-state index contributed by atoms with van der Waals surface area (Å²) in [6.07, 6.45) is 0. The maximum atomic E-state index is 12.5. The molecule has 0 spiro atoms. The van der Waals surface area contributed by atoms with Crippen molar-refractivity contribution in [2.24, 2.45) is 5.73 Å². The van der Waals surface area contributed by atoms with Crippen molar-refractivity contribution in [1.29, 1.82) is 0 Å². The van der Waals surface area contributed by atoms with Gasteiger partial charge in [0.2, 0.25) is 53.2 Å². The molecule has 19 nitrogen and oxygen atoms in total. The van der Waals surface area contributed by atoms with E-state index in [-0.39, 0.29) is 51.2 Å². The minimum atomic E-state index is -0.743. The third-order valence-corrected chi connectivity index (χ3v) is 6.36. The molecule has 0 fully saturated rings. The molecule has 0 radical (unpaired) electrons. The third kappa shape index (κ3) is 16.9. The fourth-order valence-electron chi connectivity index (χ4n) is 3.29. The molecular weight excluding hydrogens is 608 g/mol. The second-order valence-electron chi connectivity index (χ2n) is 11.1. The molecule has 0 aliphatic carbocycles. The Labute approximate surface area is 268 Å². The third-order valence-electron chi connectivity index (χ3n) is 6.36. The van der Waals surface area contributed by atoms with Gasteiger partial charge >= 0.3 is 0 Å². The van der Waals surface area contributed by atoms with Crippen LogP contribution in [-0.4, -0.2) is 190 Å². The molecule has 0 aliphatic heterocycles. The van der Waals surface area contributed by atoms with Gasteiger partial charge in [-0.2, -0.15) is 0 Å². The molecule has 0 heterocycles. The molecule has 46 heavy (non-hydrogen) atoms. The molecule has 0 bridgehead atoms. The number of likely N-dealkylation sites (N-methyl/N-ethyl adjacent to an activating group) is 6. The van der Waals surface area contributed by atoms with Gasteiger partial charge in [0.1, 0.15) is 0 Å². The van der Waals surface area contributed by atoms with E-state index in [2.05, 4.69) is 16.0 Å². The average molecular weight is 657 g/mol. The van der Waals surface area contributed by atoms with Gasteiger partial charge < -0.3 is 51.1 Å². The highest BCUT2D eigenvalue weighted by atomic mass is 16.2. The average Bonchev–Trinajstić information content (AvgIpc) is 2.96. The lowest BCUT2D eigenvalue weighted by molar-refractivity contribution is -0.143. The van der Waals surface area contributed by atoms with Crippen molar-refractivity contribution in [2.75, 3.05) is 101 Å². The maximum Gasteiger partial charge on any atom is 0.242 e. The number of nitrogens with two attached hydrogens (primary N) is 1. The molecule has 0 saturated carbocycles. The van der Waals surface area contributed by atoms with Crippen LogP contribution in [0.2, 0.25) is 0 Å². The van der Waals surface area contributed by atoms with Crippen LogP contribution in [0.15, 0.2) is 0 Å². The Morgan fingerprint density at radius 3 is 1.07 bits per heavy atom. The number of hydrogen-bond donors (Lipinski definition) is 4. The predicted octanol–water partition coefficient (Wildman–Crippen LogP) is -5.55. The maximum absolute atomic E-state index is 12.5. The van der Waals surface area contributed by atoms with Gasteiger partial charge in [-0.3, -0.25) is 43.2 Å². The largest absolute Gasteiger partial charge is 0.368 e. The number of nitrogens with zero attached hydrogens (tertiary/aromatic N) is 6. The first-order chi connectivity index (χ1) is 21.2. The lowest BCUT2D eigenvalue weighted by atomic mass is 10.3. The number of carbonyl (C=O) groups is 9. The number of rotatable bonds is 19. The SMILES string of the molecule is CC(C)NCC(=O)N(C)CC(=O)N(C)CC(=O)N(C)CC(=O)NCC(=O)N(C)CC(=O)N(C)CC(=O)N(C)CC(=O)NCC(N)=O. The van der Waals surface area contributed by atoms with Gasteiger partial charge in [0.05, 0.1) is 58.9 Å². The van der Waals surface area contributed by atoms with Crippen LogP contribution in [0.5, 0.6) is 0 Å². The highest BCUT2D eigenvalue weighted by Crippen LogP contribution is 1.96. The summed E-state index contributed by atoms with van der Waals surface area (Å²) in [4.78, 5) is 116. The number of amides is 9. The van der Waals surface area contributed by atoms with E-state index in [1.165, 1.54) is 47.2 Å². The second-order valence-corrected chi connectivity index (χ2v) is 11.1. The zero-order chi connectivity index (χ0) is 35.7. The summed E-state index contributed by atoms with van der Waals surface area (Å²) in [6.45, 7) is 0.846. The van der Waals surface area contributed by atoms with Crippen LogP contribution >= 0.6 is 0 Å². The quantitative estimate of drug-likeness (QED) is 0.103. The number of nitrogens with one attached hydrogen (secondary N) is 3. The van der Waals surface area contributed by atoms with E-state index >= 15 is 0 Å². The van der Waals surface area contributed by atoms with E-state index in [0.717, 1.165) is 24.5 Å². The molecule has 0 aromatic heterocycles. The van der Waals surface area contributed by atoms with Gasteiger partial charge in [-0.05, 0) is 0 Å². The van der Waals surface area contributed by atoms with Gasteiger partial charge in [0.15, 0.2) is 0 Å². The highest BCUT2D eigenvalue weighted by molar-refractivity contribution is 5.93. The topological polar surface area (TPSA) is 235 Å². The Kier molecular flexibility index (Phi) is 18.1. The molecule has 0 unspecified atom stereocenters. The Morgan fingerprint density at radius 2 is 0.739 bits per heavy atom. The highest BCUT2D eigenvalue weighted by Gasteiger charge is 2.23. The van der Waals surface area contributed by atoms with Gasteiger partial charge in [-0.25, -0.2) is 0 Å². The zero-order valence-corrected chi connectivity index (χ0v) is 27.9. The molecule has 19 heteroatoms. The first kappa shape index (κ1) is 41.2. The summed E-state index contributed by atoms with van der Waals surface area (Å²) in [5.41, 5.74) is 4.94. The summed E-state index contributed by atoms with van der Waals surface area (Å²) < 4.78 is 0. The van der Waals surface area contributed by atoms with Crippen molar-refractivity contribution in [3.8, 4) is 0 Å². The van der Waals surface area contributed by atoms with Crippen molar-refractivity contribution in [2.45, 2.75) is 19.9 Å². The first-order valence-electron chi connectivity index (χ1n) is 14.2. The first-order valence-corrected chi connectivity index (χ1v) is 14.2. The van der Waals surface area contributed by atoms with Crippen LogP contribution in [0, 0.1) is 0 Å². The minimum Gasteiger partial charge on any atom is -0.368 e. The number of carbonyl (C=O) groups excluding carboxylic acids is 9. The molecule has 0 aliphatic rings. The van der Waals surface area contributed by atoms with Crippen molar-refractivity contribution < 1.29 is 43.2 Å². The fraction of sp³-hybridized carbons (Fsp3) is 0.667. The Hall–Kier alpha value is -4.81. The lowest BCUT2D eigenvalue weighted by Gasteiger charge is -2.25. The van der Waals surface area contributed by atoms with Crippen LogP contribution in [0.3, 0.4) is 0 Å². The van der Waals surface area contributed by atoms with Crippen LogP contribution in [-0.2, 0) is 43.2 Å². The standard InChI is InChI=1S/C27H48N10O9/c1-18(2)29-10-22(41)34(5)14-26(45)36(7)17-25(44)33(4)13-21(40)31-11-23(42)35(6)15-27(46)37(8)16-24(43)32(3)12-20(39)30-9-19(28)38/h18,29H,9-17H2,1-8H3,(H2,28,38)(H,30,39)(H,31,40).